The van der Waals surface area contributed by atoms with Crippen LogP contribution in [0.5, 0.6) is 0 Å². The average Bonchev–Trinajstić information content (AvgIpc) is 2.96. The summed E-state index contributed by atoms with van der Waals surface area (Å²) in [5, 5.41) is 12.6. The summed E-state index contributed by atoms with van der Waals surface area (Å²) in [6, 6.07) is 8.69. The summed E-state index contributed by atoms with van der Waals surface area (Å²) < 4.78 is 0.903. The molecule has 0 saturated carbocycles. The number of imide groups is 1. The quantitative estimate of drug-likeness (QED) is 0.577. The van der Waals surface area contributed by atoms with Crippen molar-refractivity contribution in [2.45, 2.75) is 6.42 Å². The number of fused-ring (bicyclic) bond motifs is 1. The Balaban J connectivity index is 2.07. The monoisotopic (exact) mass is 404 g/mol. The Hall–Kier alpha value is -2.25. The van der Waals surface area contributed by atoms with Crippen molar-refractivity contribution in [3.05, 3.63) is 56.2 Å². The van der Waals surface area contributed by atoms with Crippen LogP contribution in [-0.4, -0.2) is 29.2 Å². The number of thiophene rings is 1. The van der Waals surface area contributed by atoms with Gasteiger partial charge in [0.15, 0.2) is 0 Å². The first kappa shape index (κ1) is 16.6. The van der Waals surface area contributed by atoms with E-state index in [1.165, 1.54) is 11.3 Å². The second kappa shape index (κ2) is 6.70. The van der Waals surface area contributed by atoms with Gasteiger partial charge < -0.3 is 9.90 Å². The molecule has 0 spiro atoms. The molecule has 1 aromatic carbocycles. The minimum Gasteiger partial charge on any atom is -0.550 e. The third-order valence-corrected chi connectivity index (χ3v) is 5.22. The molecule has 0 atom stereocenters. The zero-order valence-corrected chi connectivity index (χ0v) is 14.7. The van der Waals surface area contributed by atoms with Crippen LogP contribution in [0.3, 0.4) is 0 Å². The molecule has 24 heavy (non-hydrogen) atoms. The first-order chi connectivity index (χ1) is 11.5. The molecule has 2 aromatic rings. The number of carboxylic acid groups (broad SMARTS) is 1. The van der Waals surface area contributed by atoms with E-state index < -0.39 is 24.2 Å². The maximum Gasteiger partial charge on any atom is 0.261 e. The van der Waals surface area contributed by atoms with Crippen LogP contribution in [0.25, 0.3) is 11.6 Å². The molecule has 0 radical (unpaired) electrons. The summed E-state index contributed by atoms with van der Waals surface area (Å²) in [5.41, 5.74) is 1.32. The summed E-state index contributed by atoms with van der Waals surface area (Å²) in [5.74, 6) is -2.28. The molecule has 5 nitrogen and oxygen atoms in total. The molecular weight excluding hydrogens is 394 g/mol. The van der Waals surface area contributed by atoms with Gasteiger partial charge in [-0.05, 0) is 39.7 Å². The van der Waals surface area contributed by atoms with Crippen molar-refractivity contribution in [3.63, 3.8) is 0 Å². The molecule has 0 N–H and O–H groups in total. The Morgan fingerprint density at radius 3 is 2.54 bits per heavy atom. The fraction of sp³-hybridized carbons (Fsp3) is 0.118. The second-order valence-electron chi connectivity index (χ2n) is 5.15. The van der Waals surface area contributed by atoms with E-state index in [0.717, 1.165) is 14.2 Å². The van der Waals surface area contributed by atoms with Gasteiger partial charge in [0.25, 0.3) is 11.8 Å². The Kier molecular flexibility index (Phi) is 4.64. The second-order valence-corrected chi connectivity index (χ2v) is 7.01. The maximum atomic E-state index is 12.7. The summed E-state index contributed by atoms with van der Waals surface area (Å²) in [4.78, 5) is 37.8. The molecule has 0 bridgehead atoms. The molecule has 0 fully saturated rings. The van der Waals surface area contributed by atoms with Crippen LogP contribution in [0.2, 0.25) is 0 Å². The van der Waals surface area contributed by atoms with Gasteiger partial charge in [0, 0.05) is 44.8 Å². The van der Waals surface area contributed by atoms with E-state index in [9.17, 15) is 19.5 Å². The molecule has 3 rings (SSSR count). The van der Waals surface area contributed by atoms with E-state index in [1.54, 1.807) is 30.3 Å². The third-order valence-electron chi connectivity index (χ3n) is 3.58. The Bertz CT molecular complexity index is 871. The molecule has 0 saturated heterocycles. The lowest BCUT2D eigenvalue weighted by molar-refractivity contribution is -0.305. The Morgan fingerprint density at radius 1 is 1.21 bits per heavy atom. The molecular formula is C17H11BrNO4S-. The van der Waals surface area contributed by atoms with Crippen molar-refractivity contribution in [1.82, 2.24) is 4.90 Å². The summed E-state index contributed by atoms with van der Waals surface area (Å²) in [6.45, 7) is -0.209. The molecule has 7 heteroatoms. The van der Waals surface area contributed by atoms with Crippen molar-refractivity contribution < 1.29 is 19.5 Å². The highest BCUT2D eigenvalue weighted by molar-refractivity contribution is 9.10. The van der Waals surface area contributed by atoms with E-state index in [0.29, 0.717) is 16.7 Å². The van der Waals surface area contributed by atoms with Gasteiger partial charge in [-0.2, -0.15) is 0 Å². The van der Waals surface area contributed by atoms with Crippen molar-refractivity contribution in [2.24, 2.45) is 0 Å². The van der Waals surface area contributed by atoms with Crippen LogP contribution in [0.15, 0.2) is 40.2 Å². The van der Waals surface area contributed by atoms with Crippen molar-refractivity contribution in [2.75, 3.05) is 6.54 Å². The number of nitrogens with zero attached hydrogens (tertiary/aromatic N) is 1. The number of carbonyl (C=O) groups excluding carboxylic acids is 3. The number of hydrogen-bond acceptors (Lipinski definition) is 5. The van der Waals surface area contributed by atoms with Gasteiger partial charge in [0.1, 0.15) is 0 Å². The van der Waals surface area contributed by atoms with E-state index in [4.69, 9.17) is 0 Å². The third kappa shape index (κ3) is 3.18. The molecule has 2 amide bonds. The minimum absolute atomic E-state index is 0.209. The van der Waals surface area contributed by atoms with Crippen LogP contribution in [0.1, 0.15) is 27.2 Å². The number of aliphatic carboxylic acids is 1. The lowest BCUT2D eigenvalue weighted by Gasteiger charge is -2.28. The predicted octanol–water partition coefficient (Wildman–Crippen LogP) is 2.17. The predicted molar refractivity (Wildman–Crippen MR) is 92.0 cm³/mol. The van der Waals surface area contributed by atoms with Crippen molar-refractivity contribution >= 4 is 56.7 Å². The van der Waals surface area contributed by atoms with Crippen LogP contribution in [0, 0.1) is 0 Å². The number of benzene rings is 1. The highest BCUT2D eigenvalue weighted by Gasteiger charge is 2.34. The summed E-state index contributed by atoms with van der Waals surface area (Å²) >= 11 is 4.82. The fourth-order valence-electron chi connectivity index (χ4n) is 2.49. The Labute approximate surface area is 150 Å². The van der Waals surface area contributed by atoms with Gasteiger partial charge in [0.2, 0.25) is 0 Å². The zero-order valence-electron chi connectivity index (χ0n) is 12.3. The summed E-state index contributed by atoms with van der Waals surface area (Å²) in [7, 11) is 0. The molecule has 1 aliphatic rings. The normalized spacial score (nSPS) is 15.7. The fourth-order valence-corrected chi connectivity index (χ4v) is 3.87. The highest BCUT2D eigenvalue weighted by Crippen LogP contribution is 2.32. The van der Waals surface area contributed by atoms with Crippen LogP contribution < -0.4 is 5.11 Å². The van der Waals surface area contributed by atoms with E-state index >= 15 is 0 Å². The van der Waals surface area contributed by atoms with Crippen LogP contribution in [0.4, 0.5) is 0 Å². The van der Waals surface area contributed by atoms with Crippen molar-refractivity contribution in [3.8, 4) is 0 Å². The molecule has 1 aliphatic heterocycles. The molecule has 1 aromatic heterocycles. The summed E-state index contributed by atoms with van der Waals surface area (Å²) in [6.07, 6.45) is 1.33. The van der Waals surface area contributed by atoms with Gasteiger partial charge in [-0.3, -0.25) is 14.5 Å². The molecule has 122 valence electrons. The first-order valence-corrected chi connectivity index (χ1v) is 8.76. The number of amides is 2. The van der Waals surface area contributed by atoms with Gasteiger partial charge in [-0.15, -0.1) is 11.3 Å². The van der Waals surface area contributed by atoms with Gasteiger partial charge in [-0.1, -0.05) is 18.2 Å². The van der Waals surface area contributed by atoms with Gasteiger partial charge >= 0.3 is 0 Å². The number of halogens is 1. The molecule has 0 aliphatic carbocycles. The minimum atomic E-state index is -1.30. The molecule has 2 heterocycles. The Morgan fingerprint density at radius 2 is 1.92 bits per heavy atom. The number of rotatable bonds is 4. The van der Waals surface area contributed by atoms with Gasteiger partial charge in [-0.25, -0.2) is 0 Å². The topological polar surface area (TPSA) is 77.5 Å². The van der Waals surface area contributed by atoms with Crippen molar-refractivity contribution in [1.29, 1.82) is 0 Å². The largest absolute Gasteiger partial charge is 0.550 e. The van der Waals surface area contributed by atoms with E-state index in [2.05, 4.69) is 15.9 Å². The average molecular weight is 405 g/mol. The smallest absolute Gasteiger partial charge is 0.261 e. The van der Waals surface area contributed by atoms with E-state index in [1.807, 2.05) is 11.4 Å². The lowest BCUT2D eigenvalue weighted by atomic mass is 9.93. The number of carbonyl (C=O) groups is 3. The highest BCUT2D eigenvalue weighted by atomic mass is 79.9. The SMILES string of the molecule is O=C([O-])CCN1C(=O)C(=Cc2cc(Br)cs2)c2ccccc2C1=O. The zero-order chi connectivity index (χ0) is 17.3. The van der Waals surface area contributed by atoms with Gasteiger partial charge in [0.05, 0.1) is 0 Å². The number of carboxylic acids is 1. The van der Waals surface area contributed by atoms with Crippen LogP contribution >= 0.6 is 27.3 Å². The van der Waals surface area contributed by atoms with Crippen LogP contribution in [-0.2, 0) is 9.59 Å². The first-order valence-electron chi connectivity index (χ1n) is 7.08. The lowest BCUT2D eigenvalue weighted by Crippen LogP contribution is -2.43. The number of hydrogen-bond donors (Lipinski definition) is 0. The van der Waals surface area contributed by atoms with E-state index in [-0.39, 0.29) is 6.54 Å². The standard InChI is InChI=1S/C17H12BrNO4S/c18-10-7-11(24-9-10)8-14-12-3-1-2-4-13(12)16(22)19(17(14)23)6-5-15(20)21/h1-4,7-9H,5-6H2,(H,20,21)/p-1. The maximum absolute atomic E-state index is 12.7. The molecule has 0 unspecified atom stereocenters.